The first-order valence-electron chi connectivity index (χ1n) is 7.83. The lowest BCUT2D eigenvalue weighted by atomic mass is 9.82. The van der Waals surface area contributed by atoms with Crippen LogP contribution >= 0.6 is 11.6 Å². The Kier molecular flexibility index (Phi) is 7.33. The van der Waals surface area contributed by atoms with Gasteiger partial charge < -0.3 is 15.2 Å². The smallest absolute Gasteiger partial charge is 0.0898 e. The minimum Gasteiger partial charge on any atom is -0.389 e. The average molecular weight is 328 g/mol. The molecule has 4 heteroatoms. The van der Waals surface area contributed by atoms with Crippen molar-refractivity contribution in [2.45, 2.75) is 59.3 Å². The van der Waals surface area contributed by atoms with Crippen molar-refractivity contribution in [1.82, 2.24) is 5.32 Å². The summed E-state index contributed by atoms with van der Waals surface area (Å²) in [5, 5.41) is 14.2. The second kappa shape index (κ2) is 8.30. The van der Waals surface area contributed by atoms with Gasteiger partial charge in [-0.05, 0) is 43.4 Å². The molecule has 0 fully saturated rings. The highest BCUT2D eigenvalue weighted by atomic mass is 35.5. The third-order valence-electron chi connectivity index (χ3n) is 3.28. The van der Waals surface area contributed by atoms with E-state index in [1.54, 1.807) is 0 Å². The maximum absolute atomic E-state index is 10.0. The van der Waals surface area contributed by atoms with Crippen LogP contribution in [0.1, 0.15) is 46.6 Å². The molecule has 2 N–H and O–H groups in total. The molecule has 0 aliphatic carbocycles. The summed E-state index contributed by atoms with van der Waals surface area (Å²) >= 11 is 5.84. The lowest BCUT2D eigenvalue weighted by Crippen LogP contribution is -2.46. The van der Waals surface area contributed by atoms with E-state index in [0.29, 0.717) is 24.8 Å². The van der Waals surface area contributed by atoms with Crippen molar-refractivity contribution in [1.29, 1.82) is 0 Å². The first-order valence-corrected chi connectivity index (χ1v) is 8.20. The number of nitrogens with one attached hydrogen (secondary N) is 1. The summed E-state index contributed by atoms with van der Waals surface area (Å²) < 4.78 is 5.55. The van der Waals surface area contributed by atoms with Gasteiger partial charge in [0.1, 0.15) is 0 Å². The van der Waals surface area contributed by atoms with E-state index in [0.717, 1.165) is 12.0 Å². The van der Waals surface area contributed by atoms with Gasteiger partial charge in [-0.25, -0.2) is 0 Å². The van der Waals surface area contributed by atoms with Crippen LogP contribution in [0.25, 0.3) is 0 Å². The number of ether oxygens (including phenoxy) is 1. The summed E-state index contributed by atoms with van der Waals surface area (Å²) in [7, 11) is 0. The molecule has 1 atom stereocenters. The largest absolute Gasteiger partial charge is 0.389 e. The maximum atomic E-state index is 10.0. The Hall–Kier alpha value is -0.610. The van der Waals surface area contributed by atoms with Crippen LogP contribution in [0.2, 0.25) is 5.02 Å². The van der Waals surface area contributed by atoms with Gasteiger partial charge in [0.15, 0.2) is 0 Å². The van der Waals surface area contributed by atoms with Crippen molar-refractivity contribution in [2.75, 3.05) is 13.2 Å². The van der Waals surface area contributed by atoms with Gasteiger partial charge >= 0.3 is 0 Å². The normalized spacial score (nSPS) is 14.1. The van der Waals surface area contributed by atoms with E-state index in [9.17, 15) is 5.11 Å². The van der Waals surface area contributed by atoms with Crippen molar-refractivity contribution >= 4 is 11.6 Å². The summed E-state index contributed by atoms with van der Waals surface area (Å²) in [4.78, 5) is 0. The Labute approximate surface area is 140 Å². The fraction of sp³-hybridized carbons (Fsp3) is 0.667. The van der Waals surface area contributed by atoms with Crippen LogP contribution in [0.4, 0.5) is 0 Å². The van der Waals surface area contributed by atoms with Gasteiger partial charge in [-0.15, -0.1) is 0 Å². The minimum atomic E-state index is -0.508. The van der Waals surface area contributed by atoms with Crippen LogP contribution in [-0.4, -0.2) is 29.9 Å². The molecule has 126 valence electrons. The zero-order valence-electron chi connectivity index (χ0n) is 14.4. The molecule has 0 bridgehead atoms. The van der Waals surface area contributed by atoms with E-state index in [-0.39, 0.29) is 11.0 Å². The zero-order chi connectivity index (χ0) is 16.8. The van der Waals surface area contributed by atoms with Crippen molar-refractivity contribution in [3.8, 4) is 0 Å². The molecular formula is C18H30ClNO2. The number of aliphatic hydroxyl groups is 1. The fourth-order valence-electron chi connectivity index (χ4n) is 2.73. The Bertz CT molecular complexity index is 437. The SMILES string of the molecule is CC(C)(C)CC(C)(C)NCC(O)COCc1ccc(Cl)cc1. The summed E-state index contributed by atoms with van der Waals surface area (Å²) in [5.74, 6) is 0. The number of hydrogen-bond donors (Lipinski definition) is 2. The lowest BCUT2D eigenvalue weighted by Gasteiger charge is -2.34. The Morgan fingerprint density at radius 2 is 1.73 bits per heavy atom. The van der Waals surface area contributed by atoms with Gasteiger partial charge in [-0.3, -0.25) is 0 Å². The number of halogens is 1. The third kappa shape index (κ3) is 8.74. The fourth-order valence-corrected chi connectivity index (χ4v) is 2.86. The molecule has 0 spiro atoms. The second-order valence-corrected chi connectivity index (χ2v) is 8.23. The van der Waals surface area contributed by atoms with Gasteiger partial charge in [0, 0.05) is 17.1 Å². The molecule has 22 heavy (non-hydrogen) atoms. The number of β-amino-alcohol motifs (C(OH)–C–C–N with tert-alkyl or cyclic N) is 1. The summed E-state index contributed by atoms with van der Waals surface area (Å²) in [5.41, 5.74) is 1.31. The molecule has 1 aromatic carbocycles. The molecule has 0 amide bonds. The highest BCUT2D eigenvalue weighted by Crippen LogP contribution is 2.26. The van der Waals surface area contributed by atoms with Crippen LogP contribution < -0.4 is 5.32 Å². The van der Waals surface area contributed by atoms with Gasteiger partial charge in [0.2, 0.25) is 0 Å². The van der Waals surface area contributed by atoms with E-state index in [2.05, 4.69) is 39.9 Å². The predicted molar refractivity (Wildman–Crippen MR) is 93.3 cm³/mol. The molecule has 0 saturated carbocycles. The Morgan fingerprint density at radius 3 is 2.27 bits per heavy atom. The van der Waals surface area contributed by atoms with Crippen LogP contribution in [0.3, 0.4) is 0 Å². The Morgan fingerprint density at radius 1 is 1.14 bits per heavy atom. The summed E-state index contributed by atoms with van der Waals surface area (Å²) in [6.45, 7) is 12.3. The van der Waals surface area contributed by atoms with Crippen LogP contribution in [-0.2, 0) is 11.3 Å². The zero-order valence-corrected chi connectivity index (χ0v) is 15.2. The number of benzene rings is 1. The molecular weight excluding hydrogens is 298 g/mol. The van der Waals surface area contributed by atoms with Crippen molar-refractivity contribution in [2.24, 2.45) is 5.41 Å². The average Bonchev–Trinajstić information content (AvgIpc) is 2.36. The Balaban J connectivity index is 2.25. The van der Waals surface area contributed by atoms with Crippen LogP contribution in [0.5, 0.6) is 0 Å². The monoisotopic (exact) mass is 327 g/mol. The van der Waals surface area contributed by atoms with Gasteiger partial charge in [0.05, 0.1) is 19.3 Å². The summed E-state index contributed by atoms with van der Waals surface area (Å²) in [6.07, 6.45) is 0.532. The lowest BCUT2D eigenvalue weighted by molar-refractivity contribution is 0.0244. The minimum absolute atomic E-state index is 0.00455. The third-order valence-corrected chi connectivity index (χ3v) is 3.53. The quantitative estimate of drug-likeness (QED) is 0.757. The summed E-state index contributed by atoms with van der Waals surface area (Å²) in [6, 6.07) is 7.54. The topological polar surface area (TPSA) is 41.5 Å². The molecule has 0 radical (unpaired) electrons. The number of rotatable bonds is 8. The molecule has 1 aromatic rings. The highest BCUT2D eigenvalue weighted by Gasteiger charge is 2.25. The molecule has 3 nitrogen and oxygen atoms in total. The first kappa shape index (κ1) is 19.4. The van der Waals surface area contributed by atoms with Crippen molar-refractivity contribution in [3.05, 3.63) is 34.9 Å². The van der Waals surface area contributed by atoms with Gasteiger partial charge in [-0.2, -0.15) is 0 Å². The van der Waals surface area contributed by atoms with E-state index in [1.165, 1.54) is 0 Å². The predicted octanol–water partition coefficient (Wildman–Crippen LogP) is 4.02. The highest BCUT2D eigenvalue weighted by molar-refractivity contribution is 6.30. The maximum Gasteiger partial charge on any atom is 0.0898 e. The van der Waals surface area contributed by atoms with E-state index >= 15 is 0 Å². The van der Waals surface area contributed by atoms with E-state index in [4.69, 9.17) is 16.3 Å². The van der Waals surface area contributed by atoms with Gasteiger partial charge in [0.25, 0.3) is 0 Å². The van der Waals surface area contributed by atoms with Gasteiger partial charge in [-0.1, -0.05) is 44.5 Å². The van der Waals surface area contributed by atoms with Crippen LogP contribution in [0.15, 0.2) is 24.3 Å². The second-order valence-electron chi connectivity index (χ2n) is 7.80. The van der Waals surface area contributed by atoms with E-state index < -0.39 is 6.10 Å². The van der Waals surface area contributed by atoms with Crippen molar-refractivity contribution < 1.29 is 9.84 Å². The molecule has 0 heterocycles. The van der Waals surface area contributed by atoms with E-state index in [1.807, 2.05) is 24.3 Å². The standard InChI is InChI=1S/C18H30ClNO2/c1-17(2,3)13-18(4,5)20-10-16(21)12-22-11-14-6-8-15(19)9-7-14/h6-9,16,20-21H,10-13H2,1-5H3. The molecule has 0 saturated heterocycles. The van der Waals surface area contributed by atoms with Crippen molar-refractivity contribution in [3.63, 3.8) is 0 Å². The first-order chi connectivity index (χ1) is 10.1. The molecule has 1 unspecified atom stereocenters. The molecule has 1 rings (SSSR count). The number of aliphatic hydroxyl groups excluding tert-OH is 1. The number of hydrogen-bond acceptors (Lipinski definition) is 3. The molecule has 0 aliphatic heterocycles. The molecule has 0 aliphatic rings. The van der Waals surface area contributed by atoms with Crippen LogP contribution in [0, 0.1) is 5.41 Å². The molecule has 0 aromatic heterocycles.